The summed E-state index contributed by atoms with van der Waals surface area (Å²) in [4.78, 5) is 11.9. The predicted molar refractivity (Wildman–Crippen MR) is 78.2 cm³/mol. The van der Waals surface area contributed by atoms with Crippen molar-refractivity contribution in [1.82, 2.24) is 15.5 Å². The van der Waals surface area contributed by atoms with Crippen molar-refractivity contribution in [2.24, 2.45) is 0 Å². The summed E-state index contributed by atoms with van der Waals surface area (Å²) in [6.07, 6.45) is 0. The SMILES string of the molecule is Cc1ccc(C(=O)NC(=S)Nc2cc(C)[nH]n2)cc1. The van der Waals surface area contributed by atoms with Crippen LogP contribution >= 0.6 is 12.2 Å². The number of hydrogen-bond donors (Lipinski definition) is 3. The monoisotopic (exact) mass is 274 g/mol. The summed E-state index contributed by atoms with van der Waals surface area (Å²) in [5.74, 6) is 0.330. The van der Waals surface area contributed by atoms with Crippen LogP contribution in [0.1, 0.15) is 21.6 Å². The maximum atomic E-state index is 11.9. The molecule has 0 aliphatic heterocycles. The Balaban J connectivity index is 1.95. The van der Waals surface area contributed by atoms with Gasteiger partial charge in [-0.25, -0.2) is 0 Å². The van der Waals surface area contributed by atoms with Crippen molar-refractivity contribution in [2.45, 2.75) is 13.8 Å². The normalized spacial score (nSPS) is 10.0. The standard InChI is InChI=1S/C13H14N4OS/c1-8-3-5-10(6-4-8)12(18)15-13(19)14-11-7-9(2)16-17-11/h3-7H,1-2H3,(H3,14,15,16,17,18,19). The molecule has 1 aromatic carbocycles. The third kappa shape index (κ3) is 3.62. The fourth-order valence-corrected chi connectivity index (χ4v) is 1.71. The lowest BCUT2D eigenvalue weighted by Crippen LogP contribution is -2.34. The number of amides is 1. The van der Waals surface area contributed by atoms with Crippen molar-refractivity contribution in [3.63, 3.8) is 0 Å². The first kappa shape index (κ1) is 13.2. The number of aromatic amines is 1. The summed E-state index contributed by atoms with van der Waals surface area (Å²) in [6, 6.07) is 9.06. The topological polar surface area (TPSA) is 69.8 Å². The predicted octanol–water partition coefficient (Wildman–Crippen LogP) is 2.15. The number of carbonyl (C=O) groups is 1. The van der Waals surface area contributed by atoms with Crippen molar-refractivity contribution >= 4 is 29.1 Å². The van der Waals surface area contributed by atoms with E-state index in [0.29, 0.717) is 11.4 Å². The second-order valence-electron chi connectivity index (χ2n) is 4.21. The van der Waals surface area contributed by atoms with Crippen LogP contribution in [0.2, 0.25) is 0 Å². The molecule has 0 spiro atoms. The number of nitrogens with zero attached hydrogens (tertiary/aromatic N) is 1. The molecule has 0 saturated carbocycles. The van der Waals surface area contributed by atoms with Crippen molar-refractivity contribution in [3.8, 4) is 0 Å². The summed E-state index contributed by atoms with van der Waals surface area (Å²) in [5.41, 5.74) is 2.58. The van der Waals surface area contributed by atoms with Crippen LogP contribution < -0.4 is 10.6 Å². The Morgan fingerprint density at radius 3 is 2.53 bits per heavy atom. The van der Waals surface area contributed by atoms with E-state index in [1.807, 2.05) is 26.0 Å². The smallest absolute Gasteiger partial charge is 0.257 e. The highest BCUT2D eigenvalue weighted by Crippen LogP contribution is 2.05. The van der Waals surface area contributed by atoms with Crippen molar-refractivity contribution in [2.75, 3.05) is 5.32 Å². The molecule has 1 aromatic heterocycles. The second kappa shape index (κ2) is 5.62. The van der Waals surface area contributed by atoms with Gasteiger partial charge in [-0.15, -0.1) is 0 Å². The van der Waals surface area contributed by atoms with E-state index in [9.17, 15) is 4.79 Å². The largest absolute Gasteiger partial charge is 0.316 e. The molecule has 1 amide bonds. The number of benzene rings is 1. The number of nitrogens with one attached hydrogen (secondary N) is 3. The zero-order valence-corrected chi connectivity index (χ0v) is 11.5. The van der Waals surface area contributed by atoms with Crippen LogP contribution in [0.4, 0.5) is 5.82 Å². The number of anilines is 1. The first-order valence-corrected chi connectivity index (χ1v) is 6.16. The molecule has 6 heteroatoms. The van der Waals surface area contributed by atoms with Gasteiger partial charge in [-0.1, -0.05) is 17.7 Å². The molecular formula is C13H14N4OS. The van der Waals surface area contributed by atoms with E-state index in [1.165, 1.54) is 0 Å². The fourth-order valence-electron chi connectivity index (χ4n) is 1.51. The van der Waals surface area contributed by atoms with E-state index in [0.717, 1.165) is 11.3 Å². The molecule has 5 nitrogen and oxygen atoms in total. The average molecular weight is 274 g/mol. The molecule has 0 saturated heterocycles. The van der Waals surface area contributed by atoms with Crippen LogP contribution in [0, 0.1) is 13.8 Å². The van der Waals surface area contributed by atoms with E-state index in [-0.39, 0.29) is 11.0 Å². The van der Waals surface area contributed by atoms with Gasteiger partial charge < -0.3 is 5.32 Å². The quantitative estimate of drug-likeness (QED) is 0.734. The van der Waals surface area contributed by atoms with E-state index >= 15 is 0 Å². The van der Waals surface area contributed by atoms with Gasteiger partial charge in [-0.05, 0) is 38.2 Å². The number of hydrogen-bond acceptors (Lipinski definition) is 3. The number of H-pyrrole nitrogens is 1. The number of carbonyl (C=O) groups excluding carboxylic acids is 1. The second-order valence-corrected chi connectivity index (χ2v) is 4.62. The molecule has 0 bridgehead atoms. The van der Waals surface area contributed by atoms with Crippen LogP contribution in [0.3, 0.4) is 0 Å². The summed E-state index contributed by atoms with van der Waals surface area (Å²) >= 11 is 5.05. The fraction of sp³-hybridized carbons (Fsp3) is 0.154. The molecule has 0 atom stereocenters. The zero-order chi connectivity index (χ0) is 13.8. The highest BCUT2D eigenvalue weighted by Gasteiger charge is 2.08. The molecule has 0 aliphatic carbocycles. The zero-order valence-electron chi connectivity index (χ0n) is 10.7. The van der Waals surface area contributed by atoms with Gasteiger partial charge in [0.25, 0.3) is 5.91 Å². The Morgan fingerprint density at radius 1 is 1.26 bits per heavy atom. The van der Waals surface area contributed by atoms with Gasteiger partial charge in [-0.3, -0.25) is 15.2 Å². The highest BCUT2D eigenvalue weighted by atomic mass is 32.1. The Morgan fingerprint density at radius 2 is 1.95 bits per heavy atom. The van der Waals surface area contributed by atoms with E-state index in [4.69, 9.17) is 12.2 Å². The first-order chi connectivity index (χ1) is 9.04. The summed E-state index contributed by atoms with van der Waals surface area (Å²) in [7, 11) is 0. The van der Waals surface area contributed by atoms with Crippen molar-refractivity contribution in [1.29, 1.82) is 0 Å². The third-order valence-corrected chi connectivity index (χ3v) is 2.69. The molecular weight excluding hydrogens is 260 g/mol. The molecule has 2 aromatic rings. The van der Waals surface area contributed by atoms with E-state index < -0.39 is 0 Å². The first-order valence-electron chi connectivity index (χ1n) is 5.75. The Labute approximate surface area is 116 Å². The van der Waals surface area contributed by atoms with Gasteiger partial charge in [0, 0.05) is 17.3 Å². The number of aryl methyl sites for hydroxylation is 2. The molecule has 0 aliphatic rings. The van der Waals surface area contributed by atoms with Crippen LogP contribution in [0.5, 0.6) is 0 Å². The Bertz CT molecular complexity index is 603. The van der Waals surface area contributed by atoms with Crippen molar-refractivity contribution < 1.29 is 4.79 Å². The lowest BCUT2D eigenvalue weighted by Gasteiger charge is -2.07. The molecule has 0 fully saturated rings. The minimum atomic E-state index is -0.246. The van der Waals surface area contributed by atoms with Crippen molar-refractivity contribution in [3.05, 3.63) is 47.2 Å². The summed E-state index contributed by atoms with van der Waals surface area (Å²) < 4.78 is 0. The van der Waals surface area contributed by atoms with Gasteiger partial charge in [-0.2, -0.15) is 5.10 Å². The van der Waals surface area contributed by atoms with Gasteiger partial charge in [0.1, 0.15) is 0 Å². The lowest BCUT2D eigenvalue weighted by molar-refractivity contribution is 0.0978. The molecule has 98 valence electrons. The van der Waals surface area contributed by atoms with Crippen LogP contribution in [0.15, 0.2) is 30.3 Å². The van der Waals surface area contributed by atoms with E-state index in [1.54, 1.807) is 18.2 Å². The van der Waals surface area contributed by atoms with Crippen LogP contribution in [-0.2, 0) is 0 Å². The van der Waals surface area contributed by atoms with Gasteiger partial charge in [0.15, 0.2) is 10.9 Å². The number of aromatic nitrogens is 2. The summed E-state index contributed by atoms with van der Waals surface area (Å²) in [6.45, 7) is 3.85. The summed E-state index contributed by atoms with van der Waals surface area (Å²) in [5, 5.41) is 12.4. The number of rotatable bonds is 2. The highest BCUT2D eigenvalue weighted by molar-refractivity contribution is 7.80. The maximum Gasteiger partial charge on any atom is 0.257 e. The molecule has 1 heterocycles. The molecule has 19 heavy (non-hydrogen) atoms. The maximum absolute atomic E-state index is 11.9. The van der Waals surface area contributed by atoms with Gasteiger partial charge in [0.05, 0.1) is 0 Å². The average Bonchev–Trinajstić information content (AvgIpc) is 2.75. The number of thiocarbonyl (C=S) groups is 1. The van der Waals surface area contributed by atoms with Gasteiger partial charge >= 0.3 is 0 Å². The Hall–Kier alpha value is -2.21. The minimum Gasteiger partial charge on any atom is -0.316 e. The van der Waals surface area contributed by atoms with Crippen LogP contribution in [0.25, 0.3) is 0 Å². The van der Waals surface area contributed by atoms with Crippen LogP contribution in [-0.4, -0.2) is 21.2 Å². The third-order valence-electron chi connectivity index (χ3n) is 2.49. The molecule has 3 N–H and O–H groups in total. The van der Waals surface area contributed by atoms with E-state index in [2.05, 4.69) is 20.8 Å². The Kier molecular flexibility index (Phi) is 3.91. The molecule has 2 rings (SSSR count). The lowest BCUT2D eigenvalue weighted by atomic mass is 10.1. The molecule has 0 radical (unpaired) electrons. The minimum absolute atomic E-state index is 0.220. The van der Waals surface area contributed by atoms with Gasteiger partial charge in [0.2, 0.25) is 0 Å². The molecule has 0 unspecified atom stereocenters.